The highest BCUT2D eigenvalue weighted by atomic mass is 35.5. The average Bonchev–Trinajstić information content (AvgIpc) is 3.78. The summed E-state index contributed by atoms with van der Waals surface area (Å²) in [5, 5.41) is 11.6. The summed E-state index contributed by atoms with van der Waals surface area (Å²) < 4.78 is 35.6. The van der Waals surface area contributed by atoms with E-state index in [9.17, 15) is 9.18 Å². The molecule has 0 bridgehead atoms. The molecule has 0 saturated carbocycles. The van der Waals surface area contributed by atoms with Gasteiger partial charge in [-0.1, -0.05) is 29.8 Å². The van der Waals surface area contributed by atoms with E-state index in [1.165, 1.54) is 6.07 Å². The fourth-order valence-corrected chi connectivity index (χ4v) is 7.50. The van der Waals surface area contributed by atoms with Crippen LogP contribution in [0.1, 0.15) is 52.8 Å². The summed E-state index contributed by atoms with van der Waals surface area (Å²) in [7, 11) is 0. The second-order valence-electron chi connectivity index (χ2n) is 13.8. The summed E-state index contributed by atoms with van der Waals surface area (Å²) in [5.74, 6) is 0.120. The van der Waals surface area contributed by atoms with E-state index in [-0.39, 0.29) is 17.6 Å². The van der Waals surface area contributed by atoms with Crippen LogP contribution in [0.2, 0.25) is 5.02 Å². The van der Waals surface area contributed by atoms with E-state index in [0.717, 1.165) is 70.6 Å². The van der Waals surface area contributed by atoms with Crippen LogP contribution in [0.25, 0.3) is 27.5 Å². The maximum Gasteiger partial charge on any atom is 0.278 e. The molecular weight excluding hydrogens is 683 g/mol. The highest BCUT2D eigenvalue weighted by Gasteiger charge is 2.42. The van der Waals surface area contributed by atoms with Crippen LogP contribution in [0.15, 0.2) is 78.9 Å². The smallest absolute Gasteiger partial charge is 0.278 e. The number of benzene rings is 4. The Hall–Kier alpha value is -5.23. The van der Waals surface area contributed by atoms with Gasteiger partial charge in [0.2, 0.25) is 0 Å². The maximum absolute atomic E-state index is 14.9. The lowest BCUT2D eigenvalue weighted by Gasteiger charge is -2.29. The third kappa shape index (κ3) is 5.88. The first kappa shape index (κ1) is 32.7. The molecule has 1 amide bonds. The number of ether oxygens (including phenoxy) is 3. The number of amides is 1. The van der Waals surface area contributed by atoms with Gasteiger partial charge >= 0.3 is 0 Å². The number of hydrogen-bond acceptors (Lipinski definition) is 7. The van der Waals surface area contributed by atoms with E-state index in [4.69, 9.17) is 30.8 Å². The van der Waals surface area contributed by atoms with E-state index in [1.54, 1.807) is 19.1 Å². The van der Waals surface area contributed by atoms with Gasteiger partial charge in [0.05, 0.1) is 41.3 Å². The molecule has 264 valence electrons. The topological polar surface area (TPSA) is 107 Å². The molecule has 0 aliphatic carbocycles. The summed E-state index contributed by atoms with van der Waals surface area (Å²) in [5.41, 5.74) is 7.16. The van der Waals surface area contributed by atoms with Crippen LogP contribution in [0.4, 0.5) is 10.1 Å². The van der Waals surface area contributed by atoms with Crippen molar-refractivity contribution in [2.24, 2.45) is 0 Å². The first-order valence-corrected chi connectivity index (χ1v) is 17.8. The van der Waals surface area contributed by atoms with Gasteiger partial charge in [-0.2, -0.15) is 5.10 Å². The van der Waals surface area contributed by atoms with Crippen LogP contribution >= 0.6 is 11.6 Å². The number of para-hydroxylation sites is 1. The highest BCUT2D eigenvalue weighted by molar-refractivity contribution is 6.30. The molecule has 2 unspecified atom stereocenters. The number of carbonyl (C=O) groups is 1. The Balaban J connectivity index is 0.938. The number of anilines is 1. The summed E-state index contributed by atoms with van der Waals surface area (Å²) >= 11 is 6.00. The molecule has 2 aromatic heterocycles. The van der Waals surface area contributed by atoms with E-state index in [2.05, 4.69) is 31.1 Å². The van der Waals surface area contributed by atoms with Crippen molar-refractivity contribution in [2.75, 3.05) is 25.0 Å². The molecule has 4 aromatic carbocycles. The second kappa shape index (κ2) is 12.8. The Morgan fingerprint density at radius 2 is 1.98 bits per heavy atom. The Kier molecular flexibility index (Phi) is 8.02. The van der Waals surface area contributed by atoms with Crippen molar-refractivity contribution in [3.8, 4) is 11.5 Å². The standard InChI is InChI=1S/C40H36ClFN6O4/c1-23-30-20-27(8-10-33(30)46-45-23)43-39(49)25-6-11-35-34(18-25)44-37(48(35)21-28-14-17-50-28)22-47-15-12-24(13-16-47)29-4-3-5-36-38(29)52-40(2,51-36)31-9-7-26(41)19-32(31)42/h3-12,18-20,28H,13-17,21-22H2,1-2H3,(H,43,49)(H,45,46). The number of nitrogens with one attached hydrogen (secondary N) is 2. The molecule has 2 atom stereocenters. The number of rotatable bonds is 8. The van der Waals surface area contributed by atoms with Gasteiger partial charge in [-0.05, 0) is 86.0 Å². The van der Waals surface area contributed by atoms with Crippen LogP contribution < -0.4 is 14.8 Å². The molecule has 5 heterocycles. The first-order valence-electron chi connectivity index (χ1n) is 17.5. The van der Waals surface area contributed by atoms with Gasteiger partial charge in [-0.25, -0.2) is 9.37 Å². The van der Waals surface area contributed by atoms with Gasteiger partial charge in [0.1, 0.15) is 11.6 Å². The van der Waals surface area contributed by atoms with E-state index in [0.29, 0.717) is 47.4 Å². The number of carbonyl (C=O) groups excluding carboxylic acids is 1. The molecule has 3 aliphatic rings. The number of aromatic amines is 1. The van der Waals surface area contributed by atoms with Gasteiger partial charge in [0.15, 0.2) is 11.5 Å². The number of halogens is 2. The van der Waals surface area contributed by atoms with Gasteiger partial charge in [-0.15, -0.1) is 0 Å². The zero-order valence-electron chi connectivity index (χ0n) is 28.7. The molecule has 9 rings (SSSR count). The highest BCUT2D eigenvalue weighted by Crippen LogP contribution is 2.49. The van der Waals surface area contributed by atoms with Crippen molar-refractivity contribution in [3.05, 3.63) is 118 Å². The van der Waals surface area contributed by atoms with Crippen LogP contribution in [-0.4, -0.2) is 56.4 Å². The number of hydrogen-bond donors (Lipinski definition) is 2. The lowest BCUT2D eigenvalue weighted by Crippen LogP contribution is -2.33. The largest absolute Gasteiger partial charge is 0.444 e. The van der Waals surface area contributed by atoms with Crippen LogP contribution in [0.5, 0.6) is 11.5 Å². The molecule has 1 saturated heterocycles. The average molecular weight is 719 g/mol. The predicted octanol–water partition coefficient (Wildman–Crippen LogP) is 7.99. The third-order valence-corrected chi connectivity index (χ3v) is 10.5. The van der Waals surface area contributed by atoms with E-state index >= 15 is 0 Å². The van der Waals surface area contributed by atoms with Crippen molar-refractivity contribution < 1.29 is 23.4 Å². The summed E-state index contributed by atoms with van der Waals surface area (Å²) in [6.07, 6.45) is 4.15. The first-order chi connectivity index (χ1) is 25.2. The second-order valence-corrected chi connectivity index (χ2v) is 14.2. The van der Waals surface area contributed by atoms with Crippen molar-refractivity contribution in [1.82, 2.24) is 24.6 Å². The Morgan fingerprint density at radius 3 is 2.77 bits per heavy atom. The number of nitrogens with zero attached hydrogens (tertiary/aromatic N) is 4. The molecule has 10 nitrogen and oxygen atoms in total. The van der Waals surface area contributed by atoms with Crippen LogP contribution in [0.3, 0.4) is 0 Å². The monoisotopic (exact) mass is 718 g/mol. The summed E-state index contributed by atoms with van der Waals surface area (Å²) in [6.45, 7) is 7.30. The summed E-state index contributed by atoms with van der Waals surface area (Å²) in [4.78, 5) is 20.8. The number of aromatic nitrogens is 4. The maximum atomic E-state index is 14.9. The van der Waals surface area contributed by atoms with Crippen molar-refractivity contribution >= 4 is 50.7 Å². The third-order valence-electron chi connectivity index (χ3n) is 10.3. The zero-order chi connectivity index (χ0) is 35.6. The molecule has 6 aromatic rings. The van der Waals surface area contributed by atoms with Gasteiger partial charge in [0.25, 0.3) is 11.7 Å². The predicted molar refractivity (Wildman–Crippen MR) is 197 cm³/mol. The molecule has 2 N–H and O–H groups in total. The summed E-state index contributed by atoms with van der Waals surface area (Å²) in [6, 6.07) is 21.7. The van der Waals surface area contributed by atoms with E-state index in [1.807, 2.05) is 61.5 Å². The van der Waals surface area contributed by atoms with Crippen molar-refractivity contribution in [1.29, 1.82) is 0 Å². The van der Waals surface area contributed by atoms with Gasteiger partial charge < -0.3 is 24.1 Å². The molecular formula is C40H36ClFN6O4. The number of fused-ring (bicyclic) bond motifs is 3. The number of aryl methyl sites for hydroxylation is 1. The fraction of sp³-hybridized carbons (Fsp3) is 0.275. The molecule has 1 fully saturated rings. The minimum Gasteiger partial charge on any atom is -0.444 e. The number of H-pyrrole nitrogens is 1. The SMILES string of the molecule is Cc1[nH]nc2ccc(NC(=O)c3ccc4c(c3)nc(CN3CC=C(c5cccc6c5OC(C)(c5ccc(Cl)cc5F)O6)CC3)n4CC3CCO3)cc12. The normalized spacial score (nSPS) is 19.9. The molecule has 3 aliphatic heterocycles. The Labute approximate surface area is 304 Å². The Bertz CT molecular complexity index is 2420. The van der Waals surface area contributed by atoms with Gasteiger partial charge in [-0.3, -0.25) is 14.8 Å². The van der Waals surface area contributed by atoms with Crippen LogP contribution in [0, 0.1) is 12.7 Å². The fourth-order valence-electron chi connectivity index (χ4n) is 7.34. The molecule has 12 heteroatoms. The Morgan fingerprint density at radius 1 is 1.10 bits per heavy atom. The molecule has 0 spiro atoms. The van der Waals surface area contributed by atoms with Crippen molar-refractivity contribution in [2.45, 2.75) is 51.7 Å². The van der Waals surface area contributed by atoms with Crippen LogP contribution in [-0.2, 0) is 23.6 Å². The van der Waals surface area contributed by atoms with Crippen molar-refractivity contribution in [3.63, 3.8) is 0 Å². The quantitative estimate of drug-likeness (QED) is 0.164. The molecule has 0 radical (unpaired) electrons. The minimum atomic E-state index is -1.31. The van der Waals surface area contributed by atoms with Gasteiger partial charge in [0, 0.05) is 59.5 Å². The number of imidazole rings is 1. The lowest BCUT2D eigenvalue weighted by atomic mass is 9.98. The minimum absolute atomic E-state index is 0.141. The molecule has 52 heavy (non-hydrogen) atoms. The zero-order valence-corrected chi connectivity index (χ0v) is 29.5. The van der Waals surface area contributed by atoms with E-state index < -0.39 is 11.6 Å². The lowest BCUT2D eigenvalue weighted by molar-refractivity contribution is -0.0708.